The molecule has 1 atom stereocenters. The van der Waals surface area contributed by atoms with Crippen molar-refractivity contribution in [3.8, 4) is 0 Å². The summed E-state index contributed by atoms with van der Waals surface area (Å²) in [6, 6.07) is 0.847. The molecule has 1 aliphatic rings. The van der Waals surface area contributed by atoms with Gasteiger partial charge in [-0.1, -0.05) is 22.4 Å². The Labute approximate surface area is 103 Å². The Morgan fingerprint density at radius 2 is 2.13 bits per heavy atom. The van der Waals surface area contributed by atoms with Crippen LogP contribution in [0.15, 0.2) is 0 Å². The van der Waals surface area contributed by atoms with Crippen LogP contribution < -0.4 is 0 Å². The zero-order valence-corrected chi connectivity index (χ0v) is 11.8. The van der Waals surface area contributed by atoms with Gasteiger partial charge in [0.15, 0.2) is 0 Å². The molecular formula is C12H25BrN2. The standard InChI is InChI=1S/C12H25BrN2/c1-14(2)9-5-11-15-10-4-3-6-12(15)7-8-13/h12H,3-11H2,1-2H3. The molecule has 1 fully saturated rings. The van der Waals surface area contributed by atoms with E-state index in [1.165, 1.54) is 51.7 Å². The van der Waals surface area contributed by atoms with E-state index in [9.17, 15) is 0 Å². The summed E-state index contributed by atoms with van der Waals surface area (Å²) in [5.74, 6) is 0. The highest BCUT2D eigenvalue weighted by atomic mass is 79.9. The van der Waals surface area contributed by atoms with E-state index in [1.54, 1.807) is 0 Å². The van der Waals surface area contributed by atoms with Crippen molar-refractivity contribution in [2.75, 3.05) is 39.1 Å². The fourth-order valence-corrected chi connectivity index (χ4v) is 2.93. The summed E-state index contributed by atoms with van der Waals surface area (Å²) in [4.78, 5) is 4.98. The average molecular weight is 277 g/mol. The first kappa shape index (κ1) is 13.5. The molecule has 1 rings (SSSR count). The van der Waals surface area contributed by atoms with Crippen LogP contribution in [-0.2, 0) is 0 Å². The first-order valence-corrected chi connectivity index (χ1v) is 7.31. The largest absolute Gasteiger partial charge is 0.309 e. The molecule has 0 saturated carbocycles. The quantitative estimate of drug-likeness (QED) is 0.689. The predicted octanol–water partition coefficient (Wildman–Crippen LogP) is 2.58. The highest BCUT2D eigenvalue weighted by Gasteiger charge is 2.20. The molecule has 0 amide bonds. The SMILES string of the molecule is CN(C)CCCN1CCCCC1CCBr. The first-order chi connectivity index (χ1) is 7.24. The lowest BCUT2D eigenvalue weighted by Gasteiger charge is -2.35. The van der Waals surface area contributed by atoms with Crippen molar-refractivity contribution in [3.05, 3.63) is 0 Å². The van der Waals surface area contributed by atoms with Crippen molar-refractivity contribution < 1.29 is 0 Å². The van der Waals surface area contributed by atoms with Crippen LogP contribution in [0.4, 0.5) is 0 Å². The topological polar surface area (TPSA) is 6.48 Å². The molecule has 0 aromatic carbocycles. The zero-order valence-electron chi connectivity index (χ0n) is 10.2. The van der Waals surface area contributed by atoms with Crippen LogP contribution in [0.2, 0.25) is 0 Å². The minimum atomic E-state index is 0.847. The maximum atomic E-state index is 3.57. The first-order valence-electron chi connectivity index (χ1n) is 6.19. The van der Waals surface area contributed by atoms with Gasteiger partial charge in [0, 0.05) is 11.4 Å². The second kappa shape index (κ2) is 7.64. The third-order valence-corrected chi connectivity index (χ3v) is 3.70. The minimum absolute atomic E-state index is 0.847. The lowest BCUT2D eigenvalue weighted by atomic mass is 10.00. The van der Waals surface area contributed by atoms with Crippen molar-refractivity contribution in [1.29, 1.82) is 0 Å². The van der Waals surface area contributed by atoms with Gasteiger partial charge in [-0.05, 0) is 59.4 Å². The minimum Gasteiger partial charge on any atom is -0.309 e. The van der Waals surface area contributed by atoms with Crippen molar-refractivity contribution >= 4 is 15.9 Å². The molecule has 1 saturated heterocycles. The number of piperidine rings is 1. The Kier molecular flexibility index (Phi) is 6.86. The molecule has 2 nitrogen and oxygen atoms in total. The zero-order chi connectivity index (χ0) is 11.1. The molecular weight excluding hydrogens is 252 g/mol. The number of alkyl halides is 1. The van der Waals surface area contributed by atoms with Crippen LogP contribution in [0.5, 0.6) is 0 Å². The Morgan fingerprint density at radius 1 is 1.33 bits per heavy atom. The molecule has 1 aliphatic heterocycles. The van der Waals surface area contributed by atoms with Gasteiger partial charge in [0.1, 0.15) is 0 Å². The monoisotopic (exact) mass is 276 g/mol. The second-order valence-electron chi connectivity index (χ2n) is 4.82. The second-order valence-corrected chi connectivity index (χ2v) is 5.61. The Hall–Kier alpha value is 0.400. The van der Waals surface area contributed by atoms with Gasteiger partial charge < -0.3 is 9.80 Å². The molecule has 1 heterocycles. The van der Waals surface area contributed by atoms with E-state index < -0.39 is 0 Å². The van der Waals surface area contributed by atoms with Gasteiger partial charge in [-0.15, -0.1) is 0 Å². The normalized spacial score (nSPS) is 23.6. The van der Waals surface area contributed by atoms with Crippen LogP contribution >= 0.6 is 15.9 Å². The molecule has 0 spiro atoms. The predicted molar refractivity (Wildman–Crippen MR) is 70.8 cm³/mol. The highest BCUT2D eigenvalue weighted by Crippen LogP contribution is 2.20. The van der Waals surface area contributed by atoms with Gasteiger partial charge in [-0.2, -0.15) is 0 Å². The molecule has 0 bridgehead atoms. The van der Waals surface area contributed by atoms with E-state index >= 15 is 0 Å². The molecule has 0 aliphatic carbocycles. The van der Waals surface area contributed by atoms with Gasteiger partial charge in [0.2, 0.25) is 0 Å². The third kappa shape index (κ3) is 5.32. The summed E-state index contributed by atoms with van der Waals surface area (Å²) in [5.41, 5.74) is 0. The van der Waals surface area contributed by atoms with E-state index in [4.69, 9.17) is 0 Å². The summed E-state index contributed by atoms with van der Waals surface area (Å²) in [5, 5.41) is 1.15. The lowest BCUT2D eigenvalue weighted by molar-refractivity contribution is 0.139. The number of likely N-dealkylation sites (tertiary alicyclic amines) is 1. The van der Waals surface area contributed by atoms with E-state index in [0.717, 1.165) is 11.4 Å². The molecule has 3 heteroatoms. The molecule has 0 radical (unpaired) electrons. The van der Waals surface area contributed by atoms with Crippen molar-refractivity contribution in [3.63, 3.8) is 0 Å². The van der Waals surface area contributed by atoms with E-state index in [2.05, 4.69) is 39.8 Å². The molecule has 90 valence electrons. The number of hydrogen-bond donors (Lipinski definition) is 0. The number of hydrogen-bond acceptors (Lipinski definition) is 2. The van der Waals surface area contributed by atoms with Crippen LogP contribution in [0.1, 0.15) is 32.1 Å². The lowest BCUT2D eigenvalue weighted by Crippen LogP contribution is -2.41. The highest BCUT2D eigenvalue weighted by molar-refractivity contribution is 9.09. The van der Waals surface area contributed by atoms with Crippen molar-refractivity contribution in [1.82, 2.24) is 9.80 Å². The number of halogens is 1. The van der Waals surface area contributed by atoms with Gasteiger partial charge in [0.05, 0.1) is 0 Å². The summed E-state index contributed by atoms with van der Waals surface area (Å²) < 4.78 is 0. The van der Waals surface area contributed by atoms with Gasteiger partial charge in [0.25, 0.3) is 0 Å². The molecule has 0 N–H and O–H groups in total. The fourth-order valence-electron chi connectivity index (χ4n) is 2.40. The number of rotatable bonds is 6. The Bertz CT molecular complexity index is 160. The maximum Gasteiger partial charge on any atom is 0.0103 e. The molecule has 0 aromatic rings. The van der Waals surface area contributed by atoms with E-state index in [1.807, 2.05) is 0 Å². The maximum absolute atomic E-state index is 3.57. The summed E-state index contributed by atoms with van der Waals surface area (Å²) >= 11 is 3.57. The molecule has 1 unspecified atom stereocenters. The molecule has 15 heavy (non-hydrogen) atoms. The van der Waals surface area contributed by atoms with E-state index in [-0.39, 0.29) is 0 Å². The van der Waals surface area contributed by atoms with Gasteiger partial charge >= 0.3 is 0 Å². The Morgan fingerprint density at radius 3 is 2.80 bits per heavy atom. The van der Waals surface area contributed by atoms with Gasteiger partial charge in [-0.3, -0.25) is 0 Å². The van der Waals surface area contributed by atoms with Gasteiger partial charge in [-0.25, -0.2) is 0 Å². The van der Waals surface area contributed by atoms with Crippen molar-refractivity contribution in [2.24, 2.45) is 0 Å². The van der Waals surface area contributed by atoms with Crippen LogP contribution in [0.25, 0.3) is 0 Å². The average Bonchev–Trinajstić information content (AvgIpc) is 2.20. The Balaban J connectivity index is 2.23. The van der Waals surface area contributed by atoms with E-state index in [0.29, 0.717) is 0 Å². The van der Waals surface area contributed by atoms with Crippen LogP contribution in [0.3, 0.4) is 0 Å². The fraction of sp³-hybridized carbons (Fsp3) is 1.00. The van der Waals surface area contributed by atoms with Crippen molar-refractivity contribution in [2.45, 2.75) is 38.1 Å². The number of nitrogens with zero attached hydrogens (tertiary/aromatic N) is 2. The van der Waals surface area contributed by atoms with Crippen LogP contribution in [0, 0.1) is 0 Å². The third-order valence-electron chi connectivity index (χ3n) is 3.24. The van der Waals surface area contributed by atoms with Crippen LogP contribution in [-0.4, -0.2) is 54.9 Å². The summed E-state index contributed by atoms with van der Waals surface area (Å²) in [6.07, 6.45) is 6.88. The molecule has 0 aromatic heterocycles. The summed E-state index contributed by atoms with van der Waals surface area (Å²) in [7, 11) is 4.32. The smallest absolute Gasteiger partial charge is 0.0103 e. The summed E-state index contributed by atoms with van der Waals surface area (Å²) in [6.45, 7) is 3.83.